The van der Waals surface area contributed by atoms with Gasteiger partial charge in [-0.3, -0.25) is 9.59 Å². The second-order valence-electron chi connectivity index (χ2n) is 4.49. The number of hydrogen-bond donors (Lipinski definition) is 2. The van der Waals surface area contributed by atoms with Gasteiger partial charge < -0.3 is 10.2 Å². The Morgan fingerprint density at radius 1 is 1.00 bits per heavy atom. The molecule has 0 heterocycles. The standard InChI is InChI=1S/C14H24O4/c1-3-5-6-7-8-10-12(14(17)18)11(9-4-2)13(15)16/h5-6,11-12H,3-4,7-10H2,1-2H3,(H,15,16)(H,17,18)/b6-5+. The van der Waals surface area contributed by atoms with Crippen LogP contribution in [0.4, 0.5) is 0 Å². The third kappa shape index (κ3) is 6.42. The molecule has 0 saturated carbocycles. The summed E-state index contributed by atoms with van der Waals surface area (Å²) in [7, 11) is 0. The molecule has 0 amide bonds. The zero-order valence-electron chi connectivity index (χ0n) is 11.3. The Balaban J connectivity index is 4.39. The molecule has 0 radical (unpaired) electrons. The van der Waals surface area contributed by atoms with Crippen LogP contribution in [0.15, 0.2) is 12.2 Å². The van der Waals surface area contributed by atoms with Crippen LogP contribution in [0.5, 0.6) is 0 Å². The second kappa shape index (κ2) is 9.68. The zero-order chi connectivity index (χ0) is 14.0. The van der Waals surface area contributed by atoms with Gasteiger partial charge in [-0.05, 0) is 32.1 Å². The fourth-order valence-corrected chi connectivity index (χ4v) is 2.04. The van der Waals surface area contributed by atoms with E-state index in [1.807, 2.05) is 26.0 Å². The molecule has 18 heavy (non-hydrogen) atoms. The van der Waals surface area contributed by atoms with Crippen LogP contribution < -0.4 is 0 Å². The number of allylic oxidation sites excluding steroid dienone is 2. The third-order valence-electron chi connectivity index (χ3n) is 3.01. The van der Waals surface area contributed by atoms with Crippen molar-refractivity contribution in [3.63, 3.8) is 0 Å². The number of hydrogen-bond acceptors (Lipinski definition) is 2. The highest BCUT2D eigenvalue weighted by atomic mass is 16.4. The number of carboxylic acids is 2. The van der Waals surface area contributed by atoms with Crippen LogP contribution in [0.25, 0.3) is 0 Å². The maximum absolute atomic E-state index is 11.2. The average Bonchev–Trinajstić information content (AvgIpc) is 2.31. The summed E-state index contributed by atoms with van der Waals surface area (Å²) in [4.78, 5) is 22.3. The molecule has 0 aromatic heterocycles. The van der Waals surface area contributed by atoms with Gasteiger partial charge in [-0.25, -0.2) is 0 Å². The first-order valence-electron chi connectivity index (χ1n) is 6.65. The molecule has 0 fully saturated rings. The molecule has 0 saturated heterocycles. The lowest BCUT2D eigenvalue weighted by Crippen LogP contribution is -2.29. The highest BCUT2D eigenvalue weighted by molar-refractivity contribution is 5.79. The Bertz CT molecular complexity index is 284. The fraction of sp³-hybridized carbons (Fsp3) is 0.714. The fourth-order valence-electron chi connectivity index (χ4n) is 2.04. The highest BCUT2D eigenvalue weighted by Gasteiger charge is 2.32. The Morgan fingerprint density at radius 2 is 1.56 bits per heavy atom. The maximum Gasteiger partial charge on any atom is 0.307 e. The van der Waals surface area contributed by atoms with Crippen molar-refractivity contribution in [2.24, 2.45) is 11.8 Å². The molecule has 0 spiro atoms. The van der Waals surface area contributed by atoms with Crippen molar-refractivity contribution in [2.75, 3.05) is 0 Å². The highest BCUT2D eigenvalue weighted by Crippen LogP contribution is 2.24. The molecule has 2 N–H and O–H groups in total. The van der Waals surface area contributed by atoms with Gasteiger partial charge in [0.15, 0.2) is 0 Å². The molecule has 0 aromatic carbocycles. The van der Waals surface area contributed by atoms with E-state index >= 15 is 0 Å². The topological polar surface area (TPSA) is 74.6 Å². The molecular weight excluding hydrogens is 232 g/mol. The Hall–Kier alpha value is -1.32. The van der Waals surface area contributed by atoms with Crippen molar-refractivity contribution in [2.45, 2.75) is 52.4 Å². The summed E-state index contributed by atoms with van der Waals surface area (Å²) in [6, 6.07) is 0. The van der Waals surface area contributed by atoms with Crippen molar-refractivity contribution in [3.8, 4) is 0 Å². The molecule has 104 valence electrons. The van der Waals surface area contributed by atoms with Crippen LogP contribution in [0.3, 0.4) is 0 Å². The van der Waals surface area contributed by atoms with Crippen molar-refractivity contribution in [1.29, 1.82) is 0 Å². The summed E-state index contributed by atoms with van der Waals surface area (Å²) in [6.45, 7) is 3.91. The lowest BCUT2D eigenvalue weighted by molar-refractivity contribution is -0.154. The Kier molecular flexibility index (Phi) is 8.97. The van der Waals surface area contributed by atoms with E-state index in [2.05, 4.69) is 0 Å². The average molecular weight is 256 g/mol. The molecule has 0 aliphatic heterocycles. The van der Waals surface area contributed by atoms with E-state index in [0.29, 0.717) is 19.3 Å². The molecular formula is C14H24O4. The molecule has 0 aromatic rings. The minimum atomic E-state index is -0.992. The monoisotopic (exact) mass is 256 g/mol. The molecule has 4 nitrogen and oxygen atoms in total. The second-order valence-corrected chi connectivity index (χ2v) is 4.49. The van der Waals surface area contributed by atoms with E-state index in [1.54, 1.807) is 0 Å². The number of unbranched alkanes of at least 4 members (excludes halogenated alkanes) is 1. The molecule has 2 atom stereocenters. The minimum Gasteiger partial charge on any atom is -0.481 e. The van der Waals surface area contributed by atoms with Crippen LogP contribution in [-0.4, -0.2) is 22.2 Å². The Labute approximate surface area is 109 Å². The number of carbonyl (C=O) groups is 2. The van der Waals surface area contributed by atoms with Crippen molar-refractivity contribution < 1.29 is 19.8 Å². The van der Waals surface area contributed by atoms with Crippen LogP contribution in [0, 0.1) is 11.8 Å². The molecule has 0 aliphatic carbocycles. The van der Waals surface area contributed by atoms with Gasteiger partial charge in [0.25, 0.3) is 0 Å². The summed E-state index contributed by atoms with van der Waals surface area (Å²) in [5, 5.41) is 18.2. The molecule has 0 bridgehead atoms. The molecule has 0 aliphatic rings. The van der Waals surface area contributed by atoms with Gasteiger partial charge in [-0.2, -0.15) is 0 Å². The van der Waals surface area contributed by atoms with E-state index < -0.39 is 23.8 Å². The maximum atomic E-state index is 11.2. The first-order valence-corrected chi connectivity index (χ1v) is 6.65. The summed E-state index contributed by atoms with van der Waals surface area (Å²) in [5.41, 5.74) is 0. The van der Waals surface area contributed by atoms with Gasteiger partial charge in [0.05, 0.1) is 11.8 Å². The van der Waals surface area contributed by atoms with Crippen LogP contribution in [-0.2, 0) is 9.59 Å². The normalized spacial score (nSPS) is 14.6. The lowest BCUT2D eigenvalue weighted by Gasteiger charge is -2.19. The van der Waals surface area contributed by atoms with Crippen LogP contribution in [0.2, 0.25) is 0 Å². The summed E-state index contributed by atoms with van der Waals surface area (Å²) in [6.07, 6.45) is 8.12. The molecule has 0 rings (SSSR count). The Morgan fingerprint density at radius 3 is 2.00 bits per heavy atom. The van der Waals surface area contributed by atoms with Crippen LogP contribution >= 0.6 is 0 Å². The smallest absolute Gasteiger partial charge is 0.307 e. The van der Waals surface area contributed by atoms with Crippen molar-refractivity contribution >= 4 is 11.9 Å². The summed E-state index contributed by atoms with van der Waals surface area (Å²) < 4.78 is 0. The number of rotatable bonds is 10. The SMILES string of the molecule is CC/C=C/CCCC(C(=O)O)C(CCC)C(=O)O. The zero-order valence-corrected chi connectivity index (χ0v) is 11.3. The van der Waals surface area contributed by atoms with E-state index in [4.69, 9.17) is 10.2 Å². The number of carboxylic acid groups (broad SMARTS) is 2. The molecule has 2 unspecified atom stereocenters. The predicted octanol–water partition coefficient (Wildman–Crippen LogP) is 3.32. The summed E-state index contributed by atoms with van der Waals surface area (Å²) >= 11 is 0. The van der Waals surface area contributed by atoms with Gasteiger partial charge in [0.1, 0.15) is 0 Å². The lowest BCUT2D eigenvalue weighted by atomic mass is 9.85. The van der Waals surface area contributed by atoms with E-state index in [-0.39, 0.29) is 0 Å². The van der Waals surface area contributed by atoms with Crippen molar-refractivity contribution in [1.82, 2.24) is 0 Å². The van der Waals surface area contributed by atoms with Gasteiger partial charge in [0, 0.05) is 0 Å². The van der Waals surface area contributed by atoms with Gasteiger partial charge >= 0.3 is 11.9 Å². The predicted molar refractivity (Wildman–Crippen MR) is 70.4 cm³/mol. The quantitative estimate of drug-likeness (QED) is 0.464. The largest absolute Gasteiger partial charge is 0.481 e. The number of aliphatic carboxylic acids is 2. The third-order valence-corrected chi connectivity index (χ3v) is 3.01. The van der Waals surface area contributed by atoms with Crippen LogP contribution in [0.1, 0.15) is 52.4 Å². The minimum absolute atomic E-state index is 0.428. The van der Waals surface area contributed by atoms with Gasteiger partial charge in [0.2, 0.25) is 0 Å². The first-order chi connectivity index (χ1) is 8.54. The van der Waals surface area contributed by atoms with E-state index in [9.17, 15) is 9.59 Å². The van der Waals surface area contributed by atoms with E-state index in [1.165, 1.54) is 0 Å². The molecule has 4 heteroatoms. The van der Waals surface area contributed by atoms with E-state index in [0.717, 1.165) is 19.3 Å². The van der Waals surface area contributed by atoms with Gasteiger partial charge in [-0.15, -0.1) is 0 Å². The summed E-state index contributed by atoms with van der Waals surface area (Å²) in [5.74, 6) is -3.51. The van der Waals surface area contributed by atoms with Gasteiger partial charge in [-0.1, -0.05) is 32.4 Å². The van der Waals surface area contributed by atoms with Crippen molar-refractivity contribution in [3.05, 3.63) is 12.2 Å². The first kappa shape index (κ1) is 16.7.